The topological polar surface area (TPSA) is 171 Å². The van der Waals surface area contributed by atoms with Gasteiger partial charge < -0.3 is 34.3 Å². The van der Waals surface area contributed by atoms with Crippen LogP contribution in [0.3, 0.4) is 0 Å². The zero-order valence-electron chi connectivity index (χ0n) is 34.2. The Morgan fingerprint density at radius 3 is 2.19 bits per heavy atom. The molecule has 1 aliphatic rings. The molecule has 0 radical (unpaired) electrons. The molecular formula is C49H45N3O10. The van der Waals surface area contributed by atoms with Crippen LogP contribution in [0.2, 0.25) is 0 Å². The molecule has 1 aromatic heterocycles. The van der Waals surface area contributed by atoms with E-state index in [1.807, 2.05) is 24.3 Å². The molecule has 62 heavy (non-hydrogen) atoms. The number of carbonyl (C=O) groups excluding carboxylic acids is 5. The molecule has 316 valence electrons. The van der Waals surface area contributed by atoms with Crippen molar-refractivity contribution in [2.24, 2.45) is 0 Å². The van der Waals surface area contributed by atoms with E-state index >= 15 is 0 Å². The zero-order valence-corrected chi connectivity index (χ0v) is 34.2. The molecule has 0 aliphatic carbocycles. The first-order chi connectivity index (χ1) is 30.2. The molecule has 2 N–H and O–H groups in total. The Balaban J connectivity index is 1.33. The number of nitrogens with zero attached hydrogens (tertiary/aromatic N) is 2. The molecule has 6 aromatic rings. The van der Waals surface area contributed by atoms with Crippen molar-refractivity contribution >= 4 is 46.1 Å². The molecule has 0 unspecified atom stereocenters. The van der Waals surface area contributed by atoms with Crippen molar-refractivity contribution in [3.8, 4) is 11.5 Å². The smallest absolute Gasteiger partial charge is 0.338 e. The minimum Gasteiger partial charge on any atom is -0.497 e. The number of nitrogens with one attached hydrogen (secondary N) is 1. The maximum atomic E-state index is 14.7. The number of aromatic nitrogens is 1. The van der Waals surface area contributed by atoms with Crippen LogP contribution in [0.1, 0.15) is 73.7 Å². The molecule has 0 spiro atoms. The molecule has 13 heteroatoms. The van der Waals surface area contributed by atoms with Crippen molar-refractivity contribution in [2.75, 3.05) is 31.8 Å². The molecule has 5 aromatic carbocycles. The fourth-order valence-electron chi connectivity index (χ4n) is 7.41. The Hall–Kier alpha value is -7.38. The maximum Gasteiger partial charge on any atom is 0.338 e. The fraction of sp³-hybridized carbons (Fsp3) is 0.224. The van der Waals surface area contributed by atoms with E-state index in [4.69, 9.17) is 18.9 Å². The van der Waals surface area contributed by atoms with Crippen LogP contribution in [0.25, 0.3) is 10.9 Å². The fourth-order valence-corrected chi connectivity index (χ4v) is 7.41. The van der Waals surface area contributed by atoms with E-state index in [9.17, 15) is 29.1 Å². The van der Waals surface area contributed by atoms with Gasteiger partial charge in [-0.2, -0.15) is 0 Å². The number of esters is 2. The lowest BCUT2D eigenvalue weighted by Gasteiger charge is -2.45. The molecule has 13 nitrogen and oxygen atoms in total. The van der Waals surface area contributed by atoms with Gasteiger partial charge in [0.2, 0.25) is 5.91 Å². The largest absolute Gasteiger partial charge is 0.497 e. The van der Waals surface area contributed by atoms with Crippen LogP contribution >= 0.6 is 0 Å². The number of aliphatic hydroxyl groups is 1. The summed E-state index contributed by atoms with van der Waals surface area (Å²) in [4.78, 5) is 76.2. The summed E-state index contributed by atoms with van der Waals surface area (Å²) in [5.41, 5.74) is 2.88. The Morgan fingerprint density at radius 2 is 1.47 bits per heavy atom. The minimum absolute atomic E-state index is 0.0444. The van der Waals surface area contributed by atoms with Gasteiger partial charge in [0.05, 0.1) is 56.3 Å². The van der Waals surface area contributed by atoms with Gasteiger partial charge >= 0.3 is 11.9 Å². The van der Waals surface area contributed by atoms with Gasteiger partial charge in [-0.3, -0.25) is 19.2 Å². The molecule has 2 heterocycles. The van der Waals surface area contributed by atoms with Crippen LogP contribution in [-0.2, 0) is 25.5 Å². The predicted molar refractivity (Wildman–Crippen MR) is 230 cm³/mol. The number of fused-ring (bicyclic) bond motifs is 2. The van der Waals surface area contributed by atoms with E-state index in [1.165, 1.54) is 36.3 Å². The van der Waals surface area contributed by atoms with Gasteiger partial charge in [0.25, 0.3) is 5.91 Å². The summed E-state index contributed by atoms with van der Waals surface area (Å²) in [7, 11) is 1.54. The number of anilines is 1. The highest BCUT2D eigenvalue weighted by Gasteiger charge is 2.48. The Labute approximate surface area is 358 Å². The van der Waals surface area contributed by atoms with Crippen molar-refractivity contribution in [3.05, 3.63) is 167 Å². The first-order valence-electron chi connectivity index (χ1n) is 20.2. The second kappa shape index (κ2) is 19.8. The molecule has 0 saturated heterocycles. The quantitative estimate of drug-likeness (QED) is 0.0594. The Morgan fingerprint density at radius 1 is 0.774 bits per heavy atom. The van der Waals surface area contributed by atoms with E-state index in [-0.39, 0.29) is 43.3 Å². The first kappa shape index (κ1) is 42.7. The summed E-state index contributed by atoms with van der Waals surface area (Å²) < 4.78 is 23.1. The van der Waals surface area contributed by atoms with Gasteiger partial charge in [-0.25, -0.2) is 9.78 Å². The van der Waals surface area contributed by atoms with Crippen LogP contribution in [0, 0.1) is 0 Å². The molecule has 7 rings (SSSR count). The van der Waals surface area contributed by atoms with Crippen LogP contribution in [-0.4, -0.2) is 78.7 Å². The van der Waals surface area contributed by atoms with Crippen LogP contribution in [0.5, 0.6) is 11.5 Å². The molecule has 2 amide bonds. The number of hydrogen-bond donors (Lipinski definition) is 2. The molecule has 0 fully saturated rings. The standard InChI is InChI=1S/C49H45N3O10/c1-3-60-44(55)30-42-47(62-49(58)35-18-16-34(17-19-35)46(56)33-11-5-4-6-12-33)45(51-48(57)40-24-20-32-10-7-8-13-39(32)50-40)38-29-37(61-27-9-26-53)23-25-41(38)52(42)43(54)28-31-14-21-36(59-2)22-15-31/h4-8,10-25,29,42,45,47,53H,3,9,26-28,30H2,1-2H3,(H,51,57)/t42-,45-,47-/m0/s1. The molecule has 3 atom stereocenters. The van der Waals surface area contributed by atoms with Crippen molar-refractivity contribution in [1.29, 1.82) is 0 Å². The van der Waals surface area contributed by atoms with Gasteiger partial charge in [0.15, 0.2) is 5.78 Å². The van der Waals surface area contributed by atoms with E-state index < -0.39 is 48.4 Å². The second-order valence-electron chi connectivity index (χ2n) is 14.5. The molecule has 1 aliphatic heterocycles. The Kier molecular flexibility index (Phi) is 13.6. The number of hydrogen-bond acceptors (Lipinski definition) is 11. The second-order valence-corrected chi connectivity index (χ2v) is 14.5. The number of carbonyl (C=O) groups is 5. The van der Waals surface area contributed by atoms with Gasteiger partial charge in [0.1, 0.15) is 23.3 Å². The summed E-state index contributed by atoms with van der Waals surface area (Å²) in [6.07, 6.45) is -1.59. The molecule has 0 bridgehead atoms. The highest BCUT2D eigenvalue weighted by molar-refractivity contribution is 6.09. The normalized spacial score (nSPS) is 15.5. The lowest BCUT2D eigenvalue weighted by atomic mass is 9.85. The van der Waals surface area contributed by atoms with Crippen molar-refractivity contribution in [1.82, 2.24) is 10.3 Å². The summed E-state index contributed by atoms with van der Waals surface area (Å²) >= 11 is 0. The number of pyridine rings is 1. The third-order valence-corrected chi connectivity index (χ3v) is 10.4. The molecular weight excluding hydrogens is 791 g/mol. The first-order valence-corrected chi connectivity index (χ1v) is 20.2. The predicted octanol–water partition coefficient (Wildman–Crippen LogP) is 6.84. The van der Waals surface area contributed by atoms with Gasteiger partial charge in [-0.05, 0) is 67.1 Å². The van der Waals surface area contributed by atoms with Gasteiger partial charge in [-0.15, -0.1) is 0 Å². The third-order valence-electron chi connectivity index (χ3n) is 10.4. The van der Waals surface area contributed by atoms with Crippen LogP contribution in [0.15, 0.2) is 133 Å². The maximum absolute atomic E-state index is 14.7. The third kappa shape index (κ3) is 9.80. The number of ketones is 1. The highest BCUT2D eigenvalue weighted by Crippen LogP contribution is 2.43. The number of benzene rings is 5. The number of para-hydroxylation sites is 1. The van der Waals surface area contributed by atoms with Crippen LogP contribution < -0.4 is 19.7 Å². The lowest BCUT2D eigenvalue weighted by molar-refractivity contribution is -0.144. The average Bonchev–Trinajstić information content (AvgIpc) is 3.30. The van der Waals surface area contributed by atoms with E-state index in [2.05, 4.69) is 10.3 Å². The van der Waals surface area contributed by atoms with E-state index in [1.54, 1.807) is 91.9 Å². The Bertz CT molecular complexity index is 2560. The SMILES string of the molecule is CCOC(=O)C[C@H]1[C@H](OC(=O)c2ccc(C(=O)c3ccccc3)cc2)[C@@H](NC(=O)c2ccc3ccccc3n2)c2cc(OCCCO)ccc2N1C(=O)Cc1ccc(OC)cc1. The summed E-state index contributed by atoms with van der Waals surface area (Å²) in [6.45, 7) is 1.76. The number of ether oxygens (including phenoxy) is 4. The number of aliphatic hydroxyl groups excluding tert-OH is 1. The van der Waals surface area contributed by atoms with E-state index in [0.717, 1.165) is 5.39 Å². The van der Waals surface area contributed by atoms with Crippen molar-refractivity contribution < 1.29 is 48.0 Å². The zero-order chi connectivity index (χ0) is 43.6. The number of rotatable bonds is 16. The monoisotopic (exact) mass is 835 g/mol. The lowest BCUT2D eigenvalue weighted by Crippen LogP contribution is -2.58. The number of amides is 2. The van der Waals surface area contributed by atoms with Crippen LogP contribution in [0.4, 0.5) is 5.69 Å². The van der Waals surface area contributed by atoms with Crippen molar-refractivity contribution in [3.63, 3.8) is 0 Å². The molecule has 0 saturated carbocycles. The minimum atomic E-state index is -1.40. The number of methoxy groups -OCH3 is 1. The summed E-state index contributed by atoms with van der Waals surface area (Å²) in [5, 5.41) is 13.3. The van der Waals surface area contributed by atoms with Crippen molar-refractivity contribution in [2.45, 2.75) is 44.4 Å². The van der Waals surface area contributed by atoms with Gasteiger partial charge in [0, 0.05) is 40.8 Å². The average molecular weight is 836 g/mol. The van der Waals surface area contributed by atoms with E-state index in [0.29, 0.717) is 51.4 Å². The summed E-state index contributed by atoms with van der Waals surface area (Å²) in [5.74, 6) is -1.85. The summed E-state index contributed by atoms with van der Waals surface area (Å²) in [6, 6.07) is 34.9. The van der Waals surface area contributed by atoms with Gasteiger partial charge in [-0.1, -0.05) is 78.9 Å². The highest BCUT2D eigenvalue weighted by atomic mass is 16.6.